The van der Waals surface area contributed by atoms with Crippen LogP contribution in [0.1, 0.15) is 40.9 Å². The van der Waals surface area contributed by atoms with Crippen molar-refractivity contribution < 1.29 is 14.3 Å². The Morgan fingerprint density at radius 1 is 1.12 bits per heavy atom. The van der Waals surface area contributed by atoms with Crippen LogP contribution in [0.3, 0.4) is 0 Å². The van der Waals surface area contributed by atoms with E-state index in [1.165, 1.54) is 23.1 Å². The Bertz CT molecular complexity index is 1230. The zero-order chi connectivity index (χ0) is 23.4. The highest BCUT2D eigenvalue weighted by atomic mass is 35.5. The summed E-state index contributed by atoms with van der Waals surface area (Å²) in [6, 6.07) is 13.0. The van der Waals surface area contributed by atoms with E-state index in [9.17, 15) is 4.79 Å². The second-order valence-electron chi connectivity index (χ2n) is 7.18. The maximum atomic E-state index is 13.0. The van der Waals surface area contributed by atoms with Crippen LogP contribution in [0.25, 0.3) is 6.08 Å². The quantitative estimate of drug-likeness (QED) is 0.374. The number of hydrogen-bond acceptors (Lipinski definition) is 8. The third kappa shape index (κ3) is 5.29. The van der Waals surface area contributed by atoms with Crippen molar-refractivity contribution in [2.45, 2.75) is 32.8 Å². The molecule has 0 amide bonds. The van der Waals surface area contributed by atoms with E-state index in [1.807, 2.05) is 56.3 Å². The summed E-state index contributed by atoms with van der Waals surface area (Å²) in [5.74, 6) is 0.387. The van der Waals surface area contributed by atoms with Crippen molar-refractivity contribution in [3.63, 3.8) is 0 Å². The van der Waals surface area contributed by atoms with E-state index in [0.717, 1.165) is 22.6 Å². The average molecular weight is 500 g/mol. The van der Waals surface area contributed by atoms with Crippen LogP contribution in [0.4, 0.5) is 0 Å². The minimum absolute atomic E-state index is 0.124. The number of ether oxygens (including phenoxy) is 2. The number of rotatable bonds is 8. The predicted octanol–water partition coefficient (Wildman–Crippen LogP) is 6.15. The summed E-state index contributed by atoms with van der Waals surface area (Å²) < 4.78 is 11.7. The number of aryl methyl sites for hydroxylation is 1. The SMILES string of the molecule is CCOc1cc(/C=C2\SC(=N)[C@H](c3nnc(CC)s3)C2=O)ccc1OCc1ccccc1Cl. The van der Waals surface area contributed by atoms with Crippen LogP contribution in [-0.4, -0.2) is 27.6 Å². The largest absolute Gasteiger partial charge is 0.490 e. The molecule has 6 nitrogen and oxygen atoms in total. The topological polar surface area (TPSA) is 85.2 Å². The number of halogens is 1. The first kappa shape index (κ1) is 23.5. The van der Waals surface area contributed by atoms with E-state index in [2.05, 4.69) is 10.2 Å². The lowest BCUT2D eigenvalue weighted by Gasteiger charge is -2.13. The molecule has 1 saturated heterocycles. The molecule has 1 aromatic heterocycles. The van der Waals surface area contributed by atoms with Crippen molar-refractivity contribution in [2.75, 3.05) is 6.61 Å². The molecule has 170 valence electrons. The molecule has 1 N–H and O–H groups in total. The van der Waals surface area contributed by atoms with Crippen molar-refractivity contribution in [1.29, 1.82) is 5.41 Å². The summed E-state index contributed by atoms with van der Waals surface area (Å²) in [7, 11) is 0. The van der Waals surface area contributed by atoms with Crippen molar-refractivity contribution in [3.8, 4) is 11.5 Å². The van der Waals surface area contributed by atoms with Crippen LogP contribution in [0.2, 0.25) is 5.02 Å². The molecule has 0 saturated carbocycles. The zero-order valence-electron chi connectivity index (χ0n) is 18.1. The molecule has 2 heterocycles. The van der Waals surface area contributed by atoms with Gasteiger partial charge in [-0.1, -0.05) is 54.6 Å². The number of benzene rings is 2. The number of aromatic nitrogens is 2. The van der Waals surface area contributed by atoms with Crippen LogP contribution < -0.4 is 9.47 Å². The molecule has 0 spiro atoms. The lowest BCUT2D eigenvalue weighted by molar-refractivity contribution is -0.114. The molecule has 9 heteroatoms. The monoisotopic (exact) mass is 499 g/mol. The smallest absolute Gasteiger partial charge is 0.186 e. The van der Waals surface area contributed by atoms with Gasteiger partial charge in [0.05, 0.1) is 16.6 Å². The standard InChI is InChI=1S/C24H22ClN3O3S2/c1-3-20-27-28-24(33-20)21-22(29)19(32-23(21)26)12-14-9-10-17(18(11-14)30-4-2)31-13-15-7-5-6-8-16(15)25/h5-12,21,26H,3-4,13H2,1-2H3/b19-12-,26-23?/t21-/m1/s1. The average Bonchev–Trinajstić information content (AvgIpc) is 3.38. The van der Waals surface area contributed by atoms with E-state index >= 15 is 0 Å². The maximum absolute atomic E-state index is 13.0. The molecule has 1 aliphatic rings. The Morgan fingerprint density at radius 2 is 1.94 bits per heavy atom. The van der Waals surface area contributed by atoms with E-state index < -0.39 is 5.92 Å². The predicted molar refractivity (Wildman–Crippen MR) is 134 cm³/mol. The van der Waals surface area contributed by atoms with Crippen LogP contribution >= 0.6 is 34.7 Å². The fourth-order valence-corrected chi connectivity index (χ4v) is 5.41. The number of carbonyl (C=O) groups excluding carboxylic acids is 1. The van der Waals surface area contributed by atoms with Crippen molar-refractivity contribution in [3.05, 3.63) is 73.5 Å². The second kappa shape index (κ2) is 10.5. The van der Waals surface area contributed by atoms with Crippen molar-refractivity contribution >= 4 is 51.6 Å². The molecule has 0 bridgehead atoms. The van der Waals surface area contributed by atoms with Gasteiger partial charge in [0, 0.05) is 10.6 Å². The Morgan fingerprint density at radius 3 is 2.67 bits per heavy atom. The van der Waals surface area contributed by atoms with Gasteiger partial charge in [-0.15, -0.1) is 21.5 Å². The molecular formula is C24H22ClN3O3S2. The first-order valence-electron chi connectivity index (χ1n) is 10.5. The van der Waals surface area contributed by atoms with Crippen LogP contribution in [-0.2, 0) is 17.8 Å². The van der Waals surface area contributed by atoms with E-state index in [-0.39, 0.29) is 10.8 Å². The van der Waals surface area contributed by atoms with Gasteiger partial charge in [0.15, 0.2) is 17.3 Å². The second-order valence-corrected chi connectivity index (χ2v) is 9.76. The molecule has 4 rings (SSSR count). The number of carbonyl (C=O) groups is 1. The Labute approximate surface area is 205 Å². The number of nitrogens with zero attached hydrogens (tertiary/aromatic N) is 2. The number of nitrogens with one attached hydrogen (secondary N) is 1. The Balaban J connectivity index is 1.55. The van der Waals surface area contributed by atoms with Crippen molar-refractivity contribution in [2.24, 2.45) is 0 Å². The third-order valence-corrected chi connectivity index (χ3v) is 7.42. The van der Waals surface area contributed by atoms with Gasteiger partial charge in [-0.2, -0.15) is 0 Å². The molecule has 2 aromatic carbocycles. The van der Waals surface area contributed by atoms with Crippen molar-refractivity contribution in [1.82, 2.24) is 10.2 Å². The lowest BCUT2D eigenvalue weighted by atomic mass is 10.1. The van der Waals surface area contributed by atoms with Gasteiger partial charge in [0.2, 0.25) is 0 Å². The van der Waals surface area contributed by atoms with Crippen LogP contribution in [0.15, 0.2) is 47.4 Å². The molecule has 0 radical (unpaired) electrons. The summed E-state index contributed by atoms with van der Waals surface area (Å²) >= 11 is 8.78. The Hall–Kier alpha value is -2.68. The van der Waals surface area contributed by atoms with Gasteiger partial charge in [0.1, 0.15) is 22.5 Å². The number of hydrogen-bond donors (Lipinski definition) is 1. The van der Waals surface area contributed by atoms with Gasteiger partial charge in [-0.05, 0) is 43.2 Å². The zero-order valence-corrected chi connectivity index (χ0v) is 20.5. The fourth-order valence-electron chi connectivity index (χ4n) is 3.26. The third-order valence-electron chi connectivity index (χ3n) is 4.93. The molecular weight excluding hydrogens is 478 g/mol. The van der Waals surface area contributed by atoms with Gasteiger partial charge >= 0.3 is 0 Å². The molecule has 0 aliphatic carbocycles. The van der Waals surface area contributed by atoms with Gasteiger partial charge in [-0.3, -0.25) is 10.2 Å². The summed E-state index contributed by atoms with van der Waals surface area (Å²) in [5, 5.41) is 18.9. The summed E-state index contributed by atoms with van der Waals surface area (Å²) in [4.78, 5) is 13.5. The highest BCUT2D eigenvalue weighted by molar-refractivity contribution is 8.19. The Kier molecular flexibility index (Phi) is 7.47. The molecule has 0 unspecified atom stereocenters. The molecule has 33 heavy (non-hydrogen) atoms. The van der Waals surface area contributed by atoms with Gasteiger partial charge in [0.25, 0.3) is 0 Å². The highest BCUT2D eigenvalue weighted by Crippen LogP contribution is 2.42. The molecule has 3 aromatic rings. The normalized spacial score (nSPS) is 17.1. The molecule has 1 fully saturated rings. The van der Waals surface area contributed by atoms with Crippen LogP contribution in [0, 0.1) is 5.41 Å². The number of thioether (sulfide) groups is 1. The number of ketones is 1. The van der Waals surface area contributed by atoms with E-state index in [4.69, 9.17) is 26.5 Å². The fraction of sp³-hybridized carbons (Fsp3) is 0.250. The molecule has 1 atom stereocenters. The summed E-state index contributed by atoms with van der Waals surface area (Å²) in [6.07, 6.45) is 2.54. The highest BCUT2D eigenvalue weighted by Gasteiger charge is 2.39. The van der Waals surface area contributed by atoms with E-state index in [0.29, 0.717) is 39.6 Å². The molecule has 1 aliphatic heterocycles. The summed E-state index contributed by atoms with van der Waals surface area (Å²) in [5.41, 5.74) is 1.67. The number of allylic oxidation sites excluding steroid dienone is 1. The first-order chi connectivity index (χ1) is 16.0. The van der Waals surface area contributed by atoms with Crippen LogP contribution in [0.5, 0.6) is 11.5 Å². The first-order valence-corrected chi connectivity index (χ1v) is 12.5. The maximum Gasteiger partial charge on any atom is 0.186 e. The minimum atomic E-state index is -0.663. The van der Waals surface area contributed by atoms with E-state index in [1.54, 1.807) is 6.08 Å². The number of Topliss-reactive ketones (excluding diaryl/α,β-unsaturated/α-hetero) is 1. The summed E-state index contributed by atoms with van der Waals surface area (Å²) in [6.45, 7) is 4.68. The minimum Gasteiger partial charge on any atom is -0.490 e. The van der Waals surface area contributed by atoms with Gasteiger partial charge in [-0.25, -0.2) is 0 Å². The van der Waals surface area contributed by atoms with Gasteiger partial charge < -0.3 is 9.47 Å². The lowest BCUT2D eigenvalue weighted by Crippen LogP contribution is -2.11.